The molecule has 3 aromatic rings. The molecule has 3 aliphatic rings. The number of rotatable bonds is 6. The van der Waals surface area contributed by atoms with Crippen LogP contribution in [-0.2, 0) is 16.2 Å². The summed E-state index contributed by atoms with van der Waals surface area (Å²) in [6.45, 7) is 0.400. The fourth-order valence-corrected chi connectivity index (χ4v) is 6.43. The Morgan fingerprint density at radius 2 is 1.74 bits per heavy atom. The highest BCUT2D eigenvalue weighted by Gasteiger charge is 2.59. The number of hydrogen-bond donors (Lipinski definition) is 0. The molecular formula is C28H23IN2O4. The second-order valence-electron chi connectivity index (χ2n) is 9.19. The van der Waals surface area contributed by atoms with Crippen LogP contribution < -0.4 is 9.47 Å². The lowest BCUT2D eigenvalue weighted by Crippen LogP contribution is -2.28. The van der Waals surface area contributed by atoms with Gasteiger partial charge in [0.2, 0.25) is 0 Å². The van der Waals surface area contributed by atoms with Crippen molar-refractivity contribution in [1.82, 2.24) is 5.01 Å². The topological polar surface area (TPSA) is 68.2 Å². The number of halogens is 1. The van der Waals surface area contributed by atoms with Crippen molar-refractivity contribution in [3.05, 3.63) is 81.4 Å². The van der Waals surface area contributed by atoms with Crippen LogP contribution in [0.2, 0.25) is 0 Å². The lowest BCUT2D eigenvalue weighted by molar-refractivity contribution is -0.140. The van der Waals surface area contributed by atoms with E-state index in [4.69, 9.17) is 9.47 Å². The second-order valence-corrected chi connectivity index (χ2v) is 10.4. The van der Waals surface area contributed by atoms with E-state index in [0.717, 1.165) is 31.5 Å². The summed E-state index contributed by atoms with van der Waals surface area (Å²) in [6.07, 6.45) is 6.61. The Hall–Kier alpha value is -3.20. The number of carbonyl (C=O) groups is 2. The molecule has 0 spiro atoms. The summed E-state index contributed by atoms with van der Waals surface area (Å²) in [5.74, 6) is 0.653. The molecule has 1 saturated heterocycles. The minimum atomic E-state index is -0.255. The van der Waals surface area contributed by atoms with Crippen LogP contribution in [0.25, 0.3) is 10.8 Å². The highest BCUT2D eigenvalue weighted by atomic mass is 127. The van der Waals surface area contributed by atoms with E-state index in [1.807, 2.05) is 24.3 Å². The minimum absolute atomic E-state index is 0.167. The van der Waals surface area contributed by atoms with E-state index in [1.54, 1.807) is 19.4 Å². The molecule has 0 radical (unpaired) electrons. The molecule has 0 unspecified atom stereocenters. The number of benzene rings is 3. The Bertz CT molecular complexity index is 1380. The third-order valence-corrected chi connectivity index (χ3v) is 8.07. The highest BCUT2D eigenvalue weighted by Crippen LogP contribution is 2.52. The summed E-state index contributed by atoms with van der Waals surface area (Å²) in [5.41, 5.74) is 1.81. The Kier molecular flexibility index (Phi) is 5.59. The monoisotopic (exact) mass is 578 g/mol. The Balaban J connectivity index is 1.22. The maximum atomic E-state index is 12.9. The van der Waals surface area contributed by atoms with Crippen molar-refractivity contribution in [3.63, 3.8) is 0 Å². The van der Waals surface area contributed by atoms with Crippen molar-refractivity contribution in [2.24, 2.45) is 28.8 Å². The fourth-order valence-electron chi connectivity index (χ4n) is 5.65. The van der Waals surface area contributed by atoms with Crippen molar-refractivity contribution in [2.45, 2.75) is 13.0 Å². The molecule has 2 amide bonds. The average Bonchev–Trinajstić information content (AvgIpc) is 3.56. The minimum Gasteiger partial charge on any atom is -0.493 e. The van der Waals surface area contributed by atoms with Crippen LogP contribution in [0.4, 0.5) is 0 Å². The second kappa shape index (κ2) is 8.78. The van der Waals surface area contributed by atoms with Crippen LogP contribution in [0, 0.1) is 27.2 Å². The molecule has 35 heavy (non-hydrogen) atoms. The van der Waals surface area contributed by atoms with Gasteiger partial charge >= 0.3 is 0 Å². The lowest BCUT2D eigenvalue weighted by Gasteiger charge is -2.15. The molecule has 176 valence electrons. The predicted octanol–water partition coefficient (Wildman–Crippen LogP) is 5.17. The number of nitrogens with zero attached hydrogens (tertiary/aromatic N) is 2. The first kappa shape index (κ1) is 22.3. The first-order valence-corrected chi connectivity index (χ1v) is 12.7. The molecule has 2 fully saturated rings. The molecule has 6 rings (SSSR count). The molecule has 1 saturated carbocycles. The Morgan fingerprint density at radius 1 is 1.03 bits per heavy atom. The number of methoxy groups -OCH3 is 1. The van der Waals surface area contributed by atoms with Crippen molar-refractivity contribution in [3.8, 4) is 11.5 Å². The van der Waals surface area contributed by atoms with Gasteiger partial charge in [0.25, 0.3) is 11.8 Å². The van der Waals surface area contributed by atoms with Gasteiger partial charge in [0.05, 0.1) is 28.7 Å². The van der Waals surface area contributed by atoms with Gasteiger partial charge in [-0.05, 0) is 74.9 Å². The van der Waals surface area contributed by atoms with E-state index in [2.05, 4.69) is 64.1 Å². The molecule has 4 atom stereocenters. The zero-order valence-electron chi connectivity index (χ0n) is 19.1. The summed E-state index contributed by atoms with van der Waals surface area (Å²) in [7, 11) is 1.59. The first-order valence-electron chi connectivity index (χ1n) is 11.6. The number of ether oxygens (including phenoxy) is 2. The molecule has 1 heterocycles. The third kappa shape index (κ3) is 3.73. The van der Waals surface area contributed by atoms with Gasteiger partial charge in [0.15, 0.2) is 11.5 Å². The molecule has 2 bridgehead atoms. The SMILES string of the molecule is COc1cc(C=NN2C(=O)[C@@H]3[C@H](C2=O)[C@H]2C=C[C@H]3C2)cc(I)c1OCc1cccc2ccccc12. The van der Waals surface area contributed by atoms with Gasteiger partial charge in [-0.2, -0.15) is 10.1 Å². The van der Waals surface area contributed by atoms with Crippen molar-refractivity contribution < 1.29 is 19.1 Å². The quantitative estimate of drug-likeness (QED) is 0.175. The van der Waals surface area contributed by atoms with Gasteiger partial charge in [-0.3, -0.25) is 9.59 Å². The maximum Gasteiger partial charge on any atom is 0.254 e. The van der Waals surface area contributed by atoms with Crippen LogP contribution in [0.3, 0.4) is 0 Å². The molecule has 6 nitrogen and oxygen atoms in total. The van der Waals surface area contributed by atoms with E-state index >= 15 is 0 Å². The summed E-state index contributed by atoms with van der Waals surface area (Å²) < 4.78 is 12.7. The number of imide groups is 1. The molecule has 2 aliphatic carbocycles. The standard InChI is InChI=1S/C28H23IN2O4/c1-34-23-12-16(14-30-31-27(32)24-18-9-10-19(13-18)25(24)28(31)33)11-22(29)26(23)35-15-20-7-4-6-17-5-2-3-8-21(17)20/h2-12,14,18-19,24-25H,13,15H2,1H3/t18-,19-,24-,25+/m0/s1. The third-order valence-electron chi connectivity index (χ3n) is 7.27. The zero-order chi connectivity index (χ0) is 24.1. The van der Waals surface area contributed by atoms with Gasteiger partial charge in [-0.1, -0.05) is 54.6 Å². The van der Waals surface area contributed by atoms with Gasteiger partial charge in [0, 0.05) is 0 Å². The first-order chi connectivity index (χ1) is 17.0. The van der Waals surface area contributed by atoms with E-state index in [9.17, 15) is 9.59 Å². The number of carbonyl (C=O) groups excluding carboxylic acids is 2. The smallest absolute Gasteiger partial charge is 0.254 e. The summed E-state index contributed by atoms with van der Waals surface area (Å²) in [5, 5.41) is 7.67. The van der Waals surface area contributed by atoms with E-state index in [0.29, 0.717) is 18.1 Å². The van der Waals surface area contributed by atoms with E-state index < -0.39 is 0 Å². The molecule has 0 aromatic heterocycles. The largest absolute Gasteiger partial charge is 0.493 e. The molecule has 1 aliphatic heterocycles. The number of hydrazone groups is 1. The van der Waals surface area contributed by atoms with Crippen LogP contribution in [0.1, 0.15) is 17.5 Å². The number of fused-ring (bicyclic) bond motifs is 6. The number of hydrogen-bond acceptors (Lipinski definition) is 5. The van der Waals surface area contributed by atoms with Crippen LogP contribution in [0.15, 0.2) is 71.9 Å². The van der Waals surface area contributed by atoms with Gasteiger partial charge in [-0.25, -0.2) is 0 Å². The van der Waals surface area contributed by atoms with Crippen LogP contribution >= 0.6 is 22.6 Å². The lowest BCUT2D eigenvalue weighted by atomic mass is 9.85. The van der Waals surface area contributed by atoms with Gasteiger partial charge < -0.3 is 9.47 Å². The van der Waals surface area contributed by atoms with Crippen molar-refractivity contribution in [1.29, 1.82) is 0 Å². The van der Waals surface area contributed by atoms with E-state index in [-0.39, 0.29) is 35.5 Å². The normalized spacial score (nSPS) is 24.7. The van der Waals surface area contributed by atoms with Crippen molar-refractivity contribution in [2.75, 3.05) is 7.11 Å². The Labute approximate surface area is 216 Å². The summed E-state index contributed by atoms with van der Waals surface area (Å²) in [4.78, 5) is 25.8. The summed E-state index contributed by atoms with van der Waals surface area (Å²) >= 11 is 2.20. The highest BCUT2D eigenvalue weighted by molar-refractivity contribution is 14.1. The number of amides is 2. The molecule has 3 aromatic carbocycles. The number of allylic oxidation sites excluding steroid dienone is 2. The summed E-state index contributed by atoms with van der Waals surface area (Å²) in [6, 6.07) is 18.1. The predicted molar refractivity (Wildman–Crippen MR) is 141 cm³/mol. The Morgan fingerprint density at radius 3 is 2.49 bits per heavy atom. The fraction of sp³-hybridized carbons (Fsp3) is 0.250. The van der Waals surface area contributed by atoms with Gasteiger partial charge in [-0.15, -0.1) is 0 Å². The van der Waals surface area contributed by atoms with Crippen LogP contribution in [0.5, 0.6) is 11.5 Å². The molecule has 0 N–H and O–H groups in total. The van der Waals surface area contributed by atoms with E-state index in [1.165, 1.54) is 5.39 Å². The van der Waals surface area contributed by atoms with Crippen LogP contribution in [-0.4, -0.2) is 30.1 Å². The zero-order valence-corrected chi connectivity index (χ0v) is 21.2. The molecule has 7 heteroatoms. The van der Waals surface area contributed by atoms with Gasteiger partial charge in [0.1, 0.15) is 6.61 Å². The average molecular weight is 578 g/mol. The maximum absolute atomic E-state index is 12.9. The molecular weight excluding hydrogens is 555 g/mol. The van der Waals surface area contributed by atoms with Crippen molar-refractivity contribution >= 4 is 51.4 Å².